The standard InChI is InChI=1S/C17H23FN2O2.ClH/c1-9(13-8-12(18)5-6-14(13)22-2)20-17(21)15-10-3-4-11(7-10)16(15)19;/h5-6,8-11,15-16H,3-4,7,19H2,1-2H3,(H,20,21);1H. The number of carbonyl (C=O) groups is 1. The summed E-state index contributed by atoms with van der Waals surface area (Å²) in [6.45, 7) is 1.84. The molecule has 4 nitrogen and oxygen atoms in total. The second-order valence-electron chi connectivity index (χ2n) is 6.55. The fraction of sp³-hybridized carbons (Fsp3) is 0.588. The van der Waals surface area contributed by atoms with Crippen molar-refractivity contribution < 1.29 is 13.9 Å². The Morgan fingerprint density at radius 2 is 2.09 bits per heavy atom. The fourth-order valence-corrected chi connectivity index (χ4v) is 4.16. The first-order valence-corrected chi connectivity index (χ1v) is 7.90. The van der Waals surface area contributed by atoms with Gasteiger partial charge in [0.2, 0.25) is 5.91 Å². The van der Waals surface area contributed by atoms with Crippen molar-refractivity contribution in [2.24, 2.45) is 23.5 Å². The first-order valence-electron chi connectivity index (χ1n) is 7.90. The van der Waals surface area contributed by atoms with E-state index in [4.69, 9.17) is 10.5 Å². The molecule has 0 heterocycles. The van der Waals surface area contributed by atoms with Crippen molar-refractivity contribution in [3.8, 4) is 5.75 Å². The minimum atomic E-state index is -0.339. The van der Waals surface area contributed by atoms with E-state index in [1.165, 1.54) is 19.2 Å². The third-order valence-corrected chi connectivity index (χ3v) is 5.30. The highest BCUT2D eigenvalue weighted by atomic mass is 35.5. The third-order valence-electron chi connectivity index (χ3n) is 5.30. The summed E-state index contributed by atoms with van der Waals surface area (Å²) in [4.78, 5) is 12.6. The van der Waals surface area contributed by atoms with E-state index in [1.54, 1.807) is 6.07 Å². The van der Waals surface area contributed by atoms with Gasteiger partial charge in [-0.3, -0.25) is 4.79 Å². The van der Waals surface area contributed by atoms with E-state index >= 15 is 0 Å². The van der Waals surface area contributed by atoms with Gasteiger partial charge < -0.3 is 15.8 Å². The monoisotopic (exact) mass is 342 g/mol. The summed E-state index contributed by atoms with van der Waals surface area (Å²) in [6, 6.07) is 3.98. The second-order valence-corrected chi connectivity index (χ2v) is 6.55. The van der Waals surface area contributed by atoms with Crippen molar-refractivity contribution in [2.45, 2.75) is 38.3 Å². The molecule has 5 unspecified atom stereocenters. The minimum Gasteiger partial charge on any atom is -0.496 e. The Kier molecular flexibility index (Phi) is 5.53. The van der Waals surface area contributed by atoms with Gasteiger partial charge in [0, 0.05) is 11.6 Å². The van der Waals surface area contributed by atoms with E-state index in [2.05, 4.69) is 5.32 Å². The van der Waals surface area contributed by atoms with Gasteiger partial charge in [0.25, 0.3) is 0 Å². The molecule has 2 fully saturated rings. The molecule has 0 saturated heterocycles. The highest BCUT2D eigenvalue weighted by molar-refractivity contribution is 5.85. The SMILES string of the molecule is COc1ccc(F)cc1C(C)NC(=O)C1C2CCC(C2)C1N.Cl. The lowest BCUT2D eigenvalue weighted by molar-refractivity contribution is -0.127. The number of hydrogen-bond acceptors (Lipinski definition) is 3. The Balaban J connectivity index is 0.00000192. The number of nitrogens with two attached hydrogens (primary N) is 1. The van der Waals surface area contributed by atoms with E-state index in [9.17, 15) is 9.18 Å². The maximum absolute atomic E-state index is 13.5. The Bertz CT molecular complexity index is 582. The smallest absolute Gasteiger partial charge is 0.225 e. The normalized spacial score (nSPS) is 29.7. The molecule has 2 aliphatic carbocycles. The van der Waals surface area contributed by atoms with Crippen LogP contribution >= 0.6 is 12.4 Å². The number of methoxy groups -OCH3 is 1. The molecule has 23 heavy (non-hydrogen) atoms. The van der Waals surface area contributed by atoms with Crippen LogP contribution in [0.4, 0.5) is 4.39 Å². The Labute approximate surface area is 142 Å². The molecule has 3 N–H and O–H groups in total. The number of fused-ring (bicyclic) bond motifs is 2. The average molecular weight is 343 g/mol. The van der Waals surface area contributed by atoms with Gasteiger partial charge in [-0.1, -0.05) is 0 Å². The lowest BCUT2D eigenvalue weighted by Gasteiger charge is -2.28. The molecule has 128 valence electrons. The highest BCUT2D eigenvalue weighted by Gasteiger charge is 2.49. The summed E-state index contributed by atoms with van der Waals surface area (Å²) in [5, 5.41) is 2.99. The summed E-state index contributed by atoms with van der Waals surface area (Å²) in [5.41, 5.74) is 6.86. The van der Waals surface area contributed by atoms with E-state index in [0.717, 1.165) is 19.3 Å². The number of nitrogens with one attached hydrogen (secondary N) is 1. The Hall–Kier alpha value is -1.33. The highest BCUT2D eigenvalue weighted by Crippen LogP contribution is 2.47. The van der Waals surface area contributed by atoms with Crippen LogP contribution in [0.25, 0.3) is 0 Å². The number of carbonyl (C=O) groups excluding carboxylic acids is 1. The van der Waals surface area contributed by atoms with Crippen LogP contribution in [0.1, 0.15) is 37.8 Å². The predicted molar refractivity (Wildman–Crippen MR) is 89.1 cm³/mol. The summed E-state index contributed by atoms with van der Waals surface area (Å²) >= 11 is 0. The van der Waals surface area contributed by atoms with E-state index in [1.807, 2.05) is 6.92 Å². The molecule has 1 aromatic rings. The van der Waals surface area contributed by atoms with Crippen molar-refractivity contribution >= 4 is 18.3 Å². The molecule has 0 aromatic heterocycles. The quantitative estimate of drug-likeness (QED) is 0.884. The number of benzene rings is 1. The molecule has 0 spiro atoms. The Morgan fingerprint density at radius 1 is 1.39 bits per heavy atom. The number of rotatable bonds is 4. The van der Waals surface area contributed by atoms with Crippen LogP contribution in [0.2, 0.25) is 0 Å². The molecule has 3 rings (SSSR count). The molecule has 5 atom stereocenters. The predicted octanol–water partition coefficient (Wildman–Crippen LogP) is 2.81. The van der Waals surface area contributed by atoms with Gasteiger partial charge in [-0.25, -0.2) is 4.39 Å². The van der Waals surface area contributed by atoms with Gasteiger partial charge in [0.1, 0.15) is 11.6 Å². The zero-order valence-corrected chi connectivity index (χ0v) is 14.2. The van der Waals surface area contributed by atoms with Crippen LogP contribution in [-0.4, -0.2) is 19.1 Å². The largest absolute Gasteiger partial charge is 0.496 e. The molecule has 1 aromatic carbocycles. The van der Waals surface area contributed by atoms with Gasteiger partial charge in [0.05, 0.1) is 19.1 Å². The topological polar surface area (TPSA) is 64.3 Å². The molecule has 0 radical (unpaired) electrons. The first kappa shape index (κ1) is 18.0. The molecule has 2 saturated carbocycles. The maximum Gasteiger partial charge on any atom is 0.225 e. The summed E-state index contributed by atoms with van der Waals surface area (Å²) in [5.74, 6) is 1.00. The summed E-state index contributed by atoms with van der Waals surface area (Å²) < 4.78 is 18.7. The van der Waals surface area contributed by atoms with Crippen LogP contribution in [0.15, 0.2) is 18.2 Å². The number of amides is 1. The first-order chi connectivity index (χ1) is 10.5. The van der Waals surface area contributed by atoms with Crippen LogP contribution in [-0.2, 0) is 4.79 Å². The van der Waals surface area contributed by atoms with Crippen molar-refractivity contribution in [2.75, 3.05) is 7.11 Å². The van der Waals surface area contributed by atoms with Crippen LogP contribution in [0.5, 0.6) is 5.75 Å². The molecule has 1 amide bonds. The van der Waals surface area contributed by atoms with E-state index in [0.29, 0.717) is 23.1 Å². The van der Waals surface area contributed by atoms with Crippen LogP contribution < -0.4 is 15.8 Å². The molecule has 2 bridgehead atoms. The lowest BCUT2D eigenvalue weighted by Crippen LogP contribution is -2.45. The zero-order chi connectivity index (χ0) is 15.9. The molecule has 6 heteroatoms. The Morgan fingerprint density at radius 3 is 2.70 bits per heavy atom. The lowest BCUT2D eigenvalue weighted by atomic mass is 9.84. The van der Waals surface area contributed by atoms with Gasteiger partial charge in [-0.05, 0) is 56.2 Å². The third kappa shape index (κ3) is 3.31. The van der Waals surface area contributed by atoms with Gasteiger partial charge in [-0.2, -0.15) is 0 Å². The van der Waals surface area contributed by atoms with Crippen LogP contribution in [0, 0.1) is 23.6 Å². The van der Waals surface area contributed by atoms with Crippen molar-refractivity contribution in [3.63, 3.8) is 0 Å². The molecular weight excluding hydrogens is 319 g/mol. The maximum atomic E-state index is 13.5. The molecular formula is C17H24ClFN2O2. The van der Waals surface area contributed by atoms with Crippen molar-refractivity contribution in [1.29, 1.82) is 0 Å². The van der Waals surface area contributed by atoms with Crippen molar-refractivity contribution in [1.82, 2.24) is 5.32 Å². The summed E-state index contributed by atoms with van der Waals surface area (Å²) in [7, 11) is 1.54. The van der Waals surface area contributed by atoms with E-state index in [-0.39, 0.29) is 42.1 Å². The molecule has 2 aliphatic rings. The van der Waals surface area contributed by atoms with Gasteiger partial charge >= 0.3 is 0 Å². The fourth-order valence-electron chi connectivity index (χ4n) is 4.16. The van der Waals surface area contributed by atoms with E-state index < -0.39 is 0 Å². The zero-order valence-electron chi connectivity index (χ0n) is 13.4. The number of hydrogen-bond donors (Lipinski definition) is 2. The number of halogens is 2. The van der Waals surface area contributed by atoms with Gasteiger partial charge in [-0.15, -0.1) is 12.4 Å². The average Bonchev–Trinajstić information content (AvgIpc) is 3.07. The summed E-state index contributed by atoms with van der Waals surface area (Å²) in [6.07, 6.45) is 3.30. The molecule has 0 aliphatic heterocycles. The van der Waals surface area contributed by atoms with Crippen molar-refractivity contribution in [3.05, 3.63) is 29.6 Å². The number of ether oxygens (including phenoxy) is 1. The van der Waals surface area contributed by atoms with Crippen LogP contribution in [0.3, 0.4) is 0 Å². The second kappa shape index (κ2) is 7.05. The minimum absolute atomic E-state index is 0. The van der Waals surface area contributed by atoms with Gasteiger partial charge in [0.15, 0.2) is 0 Å².